The molecule has 0 spiro atoms. The van der Waals surface area contributed by atoms with Gasteiger partial charge in [0.2, 0.25) is 0 Å². The first-order valence-electron chi connectivity index (χ1n) is 3.01. The summed E-state index contributed by atoms with van der Waals surface area (Å²) in [7, 11) is 0. The monoisotopic (exact) mass is 198 g/mol. The number of hydrogen-bond donors (Lipinski definition) is 2. The molecular weight excluding hydrogens is 189 g/mol. The van der Waals surface area contributed by atoms with Crippen LogP contribution in [0.3, 0.4) is 0 Å². The lowest BCUT2D eigenvalue weighted by Gasteiger charge is -2.04. The molecule has 76 valence electrons. The molecule has 0 aliphatic carbocycles. The van der Waals surface area contributed by atoms with Crippen molar-refractivity contribution in [1.82, 2.24) is 0 Å². The summed E-state index contributed by atoms with van der Waals surface area (Å²) in [6.45, 7) is 3.12. The van der Waals surface area contributed by atoms with Crippen molar-refractivity contribution in [2.75, 3.05) is 0 Å². The van der Waals surface area contributed by atoms with E-state index in [9.17, 15) is 13.2 Å². The van der Waals surface area contributed by atoms with E-state index in [1.165, 1.54) is 0 Å². The molecule has 0 aromatic rings. The van der Waals surface area contributed by atoms with Crippen LogP contribution in [0.1, 0.15) is 13.8 Å². The molecule has 0 radical (unpaired) electrons. The van der Waals surface area contributed by atoms with E-state index in [4.69, 9.17) is 21.4 Å². The lowest BCUT2D eigenvalue weighted by Crippen LogP contribution is -2.21. The molecule has 0 heterocycles. The van der Waals surface area contributed by atoms with Gasteiger partial charge in [0.15, 0.2) is 0 Å². The largest absolute Gasteiger partial charge is 0.490 e. The maximum Gasteiger partial charge on any atom is 0.490 e. The molecule has 0 saturated heterocycles. The quantitative estimate of drug-likeness (QED) is 0.571. The van der Waals surface area contributed by atoms with E-state index in [2.05, 4.69) is 5.92 Å². The summed E-state index contributed by atoms with van der Waals surface area (Å²) >= 11 is 0. The summed E-state index contributed by atoms with van der Waals surface area (Å²) in [6.07, 6.45) is -0.278. The van der Waals surface area contributed by atoms with Crippen LogP contribution >= 0.6 is 0 Å². The van der Waals surface area contributed by atoms with Gasteiger partial charge in [0, 0.05) is 0 Å². The van der Waals surface area contributed by atoms with Crippen LogP contribution in [0.2, 0.25) is 0 Å². The Morgan fingerprint density at radius 2 is 1.54 bits per heavy atom. The second-order valence-electron chi connectivity index (χ2n) is 2.51. The van der Waals surface area contributed by atoms with E-state index in [0.717, 1.165) is 0 Å². The topological polar surface area (TPSA) is 57.5 Å². The Labute approximate surface area is 73.2 Å². The lowest BCUT2D eigenvalue weighted by molar-refractivity contribution is -0.192. The Morgan fingerprint density at radius 1 is 1.38 bits per heavy atom. The summed E-state index contributed by atoms with van der Waals surface area (Å²) in [5.41, 5.74) is -0.931. The van der Waals surface area contributed by atoms with E-state index in [1.807, 2.05) is 0 Å². The molecule has 0 aliphatic rings. The number of alkyl halides is 3. The first-order chi connectivity index (χ1) is 5.50. The van der Waals surface area contributed by atoms with Gasteiger partial charge in [-0.3, -0.25) is 0 Å². The van der Waals surface area contributed by atoms with E-state index in [1.54, 1.807) is 13.8 Å². The van der Waals surface area contributed by atoms with Gasteiger partial charge in [0.25, 0.3) is 0 Å². The minimum absolute atomic E-state index is 0.931. The zero-order chi connectivity index (χ0) is 11.3. The number of aliphatic carboxylic acids is 1. The molecule has 0 fully saturated rings. The molecule has 0 saturated carbocycles. The van der Waals surface area contributed by atoms with Crippen molar-refractivity contribution in [2.24, 2.45) is 0 Å². The molecule has 6 heteroatoms. The van der Waals surface area contributed by atoms with Gasteiger partial charge in [-0.25, -0.2) is 4.79 Å². The Morgan fingerprint density at radius 3 is 1.54 bits per heavy atom. The van der Waals surface area contributed by atoms with Crippen LogP contribution in [0.15, 0.2) is 0 Å². The average molecular weight is 198 g/mol. The number of terminal acetylenes is 1. The van der Waals surface area contributed by atoms with Crippen LogP contribution in [0.5, 0.6) is 0 Å². The van der Waals surface area contributed by atoms with Crippen LogP contribution in [0, 0.1) is 12.3 Å². The van der Waals surface area contributed by atoms with Crippen molar-refractivity contribution >= 4 is 5.97 Å². The molecule has 0 amide bonds. The third-order valence-electron chi connectivity index (χ3n) is 0.596. The van der Waals surface area contributed by atoms with Gasteiger partial charge in [0.1, 0.15) is 5.60 Å². The highest BCUT2D eigenvalue weighted by molar-refractivity contribution is 5.73. The van der Waals surface area contributed by atoms with Crippen molar-refractivity contribution in [3.8, 4) is 12.3 Å². The van der Waals surface area contributed by atoms with E-state index >= 15 is 0 Å². The van der Waals surface area contributed by atoms with Crippen LogP contribution in [0.25, 0.3) is 0 Å². The molecule has 0 aliphatic heterocycles. The second-order valence-corrected chi connectivity index (χ2v) is 2.51. The maximum atomic E-state index is 10.6. The fourth-order valence-electron chi connectivity index (χ4n) is 0. The van der Waals surface area contributed by atoms with Gasteiger partial charge >= 0.3 is 12.1 Å². The van der Waals surface area contributed by atoms with Gasteiger partial charge in [-0.05, 0) is 13.8 Å². The first-order valence-corrected chi connectivity index (χ1v) is 3.01. The van der Waals surface area contributed by atoms with Crippen molar-refractivity contribution in [1.29, 1.82) is 0 Å². The summed E-state index contributed by atoms with van der Waals surface area (Å²) in [6, 6.07) is 0. The van der Waals surface area contributed by atoms with Crippen molar-refractivity contribution in [2.45, 2.75) is 25.6 Å². The molecule has 0 rings (SSSR count). The number of carboxylic acids is 1. The van der Waals surface area contributed by atoms with E-state index < -0.39 is 17.7 Å². The van der Waals surface area contributed by atoms with Gasteiger partial charge in [-0.1, -0.05) is 5.92 Å². The fourth-order valence-corrected chi connectivity index (χ4v) is 0. The average Bonchev–Trinajstić information content (AvgIpc) is 1.85. The fraction of sp³-hybridized carbons (Fsp3) is 0.571. The summed E-state index contributed by atoms with van der Waals surface area (Å²) in [5.74, 6) is -0.597. The molecular formula is C7H9F3O3. The molecule has 0 aromatic heterocycles. The maximum absolute atomic E-state index is 10.6. The van der Waals surface area contributed by atoms with Crippen LogP contribution in [-0.2, 0) is 4.79 Å². The molecule has 0 aromatic carbocycles. The number of carboxylic acid groups (broad SMARTS) is 1. The van der Waals surface area contributed by atoms with E-state index in [-0.39, 0.29) is 0 Å². The number of rotatable bonds is 0. The Bertz CT molecular complexity index is 206. The number of carbonyl (C=O) groups is 1. The number of halogens is 3. The van der Waals surface area contributed by atoms with Crippen molar-refractivity contribution in [3.63, 3.8) is 0 Å². The zero-order valence-electron chi connectivity index (χ0n) is 7.01. The van der Waals surface area contributed by atoms with E-state index in [0.29, 0.717) is 0 Å². The summed E-state index contributed by atoms with van der Waals surface area (Å²) in [5, 5.41) is 15.7. The minimum Gasteiger partial charge on any atom is -0.475 e. The Kier molecular flexibility index (Phi) is 5.20. The summed E-state index contributed by atoms with van der Waals surface area (Å²) in [4.78, 5) is 8.90. The lowest BCUT2D eigenvalue weighted by atomic mass is 10.2. The predicted molar refractivity (Wildman–Crippen MR) is 38.8 cm³/mol. The summed E-state index contributed by atoms with van der Waals surface area (Å²) < 4.78 is 31.7. The van der Waals surface area contributed by atoms with Crippen LogP contribution in [0.4, 0.5) is 13.2 Å². The molecule has 0 atom stereocenters. The number of aliphatic hydroxyl groups is 1. The third-order valence-corrected chi connectivity index (χ3v) is 0.596. The van der Waals surface area contributed by atoms with Gasteiger partial charge in [0.05, 0.1) is 0 Å². The van der Waals surface area contributed by atoms with Gasteiger partial charge in [-0.2, -0.15) is 13.2 Å². The highest BCUT2D eigenvalue weighted by Gasteiger charge is 2.38. The Hall–Kier alpha value is -1.22. The smallest absolute Gasteiger partial charge is 0.475 e. The minimum atomic E-state index is -5.08. The highest BCUT2D eigenvalue weighted by Crippen LogP contribution is 2.13. The van der Waals surface area contributed by atoms with Crippen molar-refractivity contribution in [3.05, 3.63) is 0 Å². The normalized spacial score (nSPS) is 10.8. The molecule has 0 bridgehead atoms. The SMILES string of the molecule is C#CC(C)(C)O.O=C(O)C(F)(F)F. The third kappa shape index (κ3) is 13.7. The second kappa shape index (κ2) is 4.72. The van der Waals surface area contributed by atoms with Crippen molar-refractivity contribution < 1.29 is 28.2 Å². The molecule has 2 N–H and O–H groups in total. The number of hydrogen-bond acceptors (Lipinski definition) is 2. The van der Waals surface area contributed by atoms with Crippen LogP contribution in [-0.4, -0.2) is 28.0 Å². The predicted octanol–water partition coefficient (Wildman–Crippen LogP) is 1.02. The molecule has 3 nitrogen and oxygen atoms in total. The van der Waals surface area contributed by atoms with Gasteiger partial charge in [-0.15, -0.1) is 6.42 Å². The molecule has 0 unspecified atom stereocenters. The highest BCUT2D eigenvalue weighted by atomic mass is 19.4. The zero-order valence-corrected chi connectivity index (χ0v) is 7.01. The molecule has 13 heavy (non-hydrogen) atoms. The Balaban J connectivity index is 0. The van der Waals surface area contributed by atoms with Crippen LogP contribution < -0.4 is 0 Å². The standard InChI is InChI=1S/C5H8O.C2HF3O2/c1-4-5(2,3)6;3-2(4,5)1(6)7/h1,6H,2-3H3;(H,6,7). The van der Waals surface area contributed by atoms with Gasteiger partial charge < -0.3 is 10.2 Å². The first kappa shape index (κ1) is 14.3.